The SMILES string of the molecule is CC/C=C/C=C=C(C)CC. The molecule has 0 amide bonds. The predicted molar refractivity (Wildman–Crippen MR) is 47.0 cm³/mol. The summed E-state index contributed by atoms with van der Waals surface area (Å²) in [6.07, 6.45) is 8.33. The van der Waals surface area contributed by atoms with E-state index in [0.717, 1.165) is 12.8 Å². The van der Waals surface area contributed by atoms with E-state index < -0.39 is 0 Å². The van der Waals surface area contributed by atoms with Crippen molar-refractivity contribution in [1.82, 2.24) is 0 Å². The molecule has 0 heterocycles. The first-order valence-corrected chi connectivity index (χ1v) is 3.88. The number of hydrogen-bond donors (Lipinski definition) is 0. The lowest BCUT2D eigenvalue weighted by atomic mass is 10.2. The van der Waals surface area contributed by atoms with Gasteiger partial charge in [-0.1, -0.05) is 26.0 Å². The molecule has 0 aromatic carbocycles. The van der Waals surface area contributed by atoms with Crippen LogP contribution in [0.3, 0.4) is 0 Å². The first-order valence-electron chi connectivity index (χ1n) is 3.88. The molecule has 0 spiro atoms. The van der Waals surface area contributed by atoms with Crippen molar-refractivity contribution in [2.24, 2.45) is 0 Å². The first-order chi connectivity index (χ1) is 4.81. The maximum atomic E-state index is 3.17. The van der Waals surface area contributed by atoms with Crippen molar-refractivity contribution in [2.45, 2.75) is 33.6 Å². The minimum absolute atomic E-state index is 1.09. The Morgan fingerprint density at radius 3 is 2.60 bits per heavy atom. The van der Waals surface area contributed by atoms with Gasteiger partial charge in [0.25, 0.3) is 0 Å². The average molecular weight is 136 g/mol. The molecule has 0 rings (SSSR count). The third kappa shape index (κ3) is 5.40. The summed E-state index contributed by atoms with van der Waals surface area (Å²) in [7, 11) is 0. The Bertz CT molecular complexity index is 155. The van der Waals surface area contributed by atoms with Crippen LogP contribution in [0.4, 0.5) is 0 Å². The van der Waals surface area contributed by atoms with Gasteiger partial charge in [-0.05, 0) is 31.4 Å². The lowest BCUT2D eigenvalue weighted by Crippen LogP contribution is -1.63. The van der Waals surface area contributed by atoms with Crippen molar-refractivity contribution in [3.63, 3.8) is 0 Å². The zero-order chi connectivity index (χ0) is 7.82. The summed E-state index contributed by atoms with van der Waals surface area (Å²) < 4.78 is 0. The van der Waals surface area contributed by atoms with Gasteiger partial charge in [0.1, 0.15) is 0 Å². The molecule has 0 aliphatic rings. The van der Waals surface area contributed by atoms with Gasteiger partial charge >= 0.3 is 0 Å². The van der Waals surface area contributed by atoms with Crippen LogP contribution in [0, 0.1) is 0 Å². The van der Waals surface area contributed by atoms with E-state index in [4.69, 9.17) is 0 Å². The van der Waals surface area contributed by atoms with Crippen molar-refractivity contribution < 1.29 is 0 Å². The molecule has 0 radical (unpaired) electrons. The standard InChI is InChI=1S/C10H16/c1-4-6-7-8-9-10(3)5-2/h6-8H,4-5H2,1-3H3/b7-6+. The van der Waals surface area contributed by atoms with Crippen LogP contribution in [-0.2, 0) is 0 Å². The molecular formula is C10H16. The van der Waals surface area contributed by atoms with E-state index in [2.05, 4.69) is 32.6 Å². The lowest BCUT2D eigenvalue weighted by Gasteiger charge is -1.82. The summed E-state index contributed by atoms with van der Waals surface area (Å²) in [6, 6.07) is 0. The molecule has 0 aromatic rings. The van der Waals surface area contributed by atoms with Crippen LogP contribution < -0.4 is 0 Å². The van der Waals surface area contributed by atoms with Crippen LogP contribution in [-0.4, -0.2) is 0 Å². The molecule has 0 atom stereocenters. The molecule has 0 aliphatic carbocycles. The van der Waals surface area contributed by atoms with Crippen LogP contribution >= 0.6 is 0 Å². The van der Waals surface area contributed by atoms with Crippen molar-refractivity contribution in [2.75, 3.05) is 0 Å². The number of rotatable bonds is 3. The van der Waals surface area contributed by atoms with Crippen molar-refractivity contribution in [3.05, 3.63) is 29.5 Å². The van der Waals surface area contributed by atoms with Gasteiger partial charge in [-0.3, -0.25) is 0 Å². The maximum absolute atomic E-state index is 3.17. The van der Waals surface area contributed by atoms with Gasteiger partial charge in [0, 0.05) is 0 Å². The Balaban J connectivity index is 3.84. The minimum Gasteiger partial charge on any atom is -0.122 e. The van der Waals surface area contributed by atoms with E-state index in [1.54, 1.807) is 0 Å². The second kappa shape index (κ2) is 6.38. The van der Waals surface area contributed by atoms with E-state index in [1.165, 1.54) is 5.57 Å². The number of hydrogen-bond acceptors (Lipinski definition) is 0. The van der Waals surface area contributed by atoms with Gasteiger partial charge in [-0.25, -0.2) is 0 Å². The van der Waals surface area contributed by atoms with Crippen LogP contribution in [0.5, 0.6) is 0 Å². The fourth-order valence-electron chi connectivity index (χ4n) is 0.497. The molecule has 0 saturated carbocycles. The molecule has 10 heavy (non-hydrogen) atoms. The average Bonchev–Trinajstić information content (AvgIpc) is 1.98. The van der Waals surface area contributed by atoms with Crippen molar-refractivity contribution in [1.29, 1.82) is 0 Å². The molecule has 0 heteroatoms. The largest absolute Gasteiger partial charge is 0.122 e. The highest BCUT2D eigenvalue weighted by Gasteiger charge is 1.74. The summed E-state index contributed by atoms with van der Waals surface area (Å²) in [5.74, 6) is 0. The molecule has 0 aromatic heterocycles. The van der Waals surface area contributed by atoms with Crippen LogP contribution in [0.2, 0.25) is 0 Å². The number of allylic oxidation sites excluding steroid dienone is 3. The summed E-state index contributed by atoms with van der Waals surface area (Å²) in [5, 5.41) is 0. The Labute approximate surface area is 64.0 Å². The highest BCUT2D eigenvalue weighted by molar-refractivity contribution is 5.06. The monoisotopic (exact) mass is 136 g/mol. The van der Waals surface area contributed by atoms with Gasteiger partial charge in [0.15, 0.2) is 0 Å². The molecule has 0 saturated heterocycles. The van der Waals surface area contributed by atoms with Gasteiger partial charge < -0.3 is 0 Å². The summed E-state index contributed by atoms with van der Waals surface area (Å²) >= 11 is 0. The fraction of sp³-hybridized carbons (Fsp3) is 0.500. The summed E-state index contributed by atoms with van der Waals surface area (Å²) in [4.78, 5) is 0. The third-order valence-corrected chi connectivity index (χ3v) is 1.33. The van der Waals surface area contributed by atoms with Gasteiger partial charge in [0.05, 0.1) is 0 Å². The smallest absolute Gasteiger partial charge is 0.0204 e. The van der Waals surface area contributed by atoms with Crippen molar-refractivity contribution >= 4 is 0 Å². The molecule has 0 N–H and O–H groups in total. The predicted octanol–water partition coefficient (Wildman–Crippen LogP) is 3.46. The quantitative estimate of drug-likeness (QED) is 0.411. The highest BCUT2D eigenvalue weighted by Crippen LogP contribution is 1.93. The van der Waals surface area contributed by atoms with E-state index in [1.807, 2.05) is 12.2 Å². The molecule has 56 valence electrons. The topological polar surface area (TPSA) is 0 Å². The van der Waals surface area contributed by atoms with Crippen LogP contribution in [0.1, 0.15) is 33.6 Å². The van der Waals surface area contributed by atoms with Crippen molar-refractivity contribution in [3.8, 4) is 0 Å². The zero-order valence-electron chi connectivity index (χ0n) is 7.15. The minimum atomic E-state index is 1.09. The Morgan fingerprint density at radius 2 is 2.10 bits per heavy atom. The third-order valence-electron chi connectivity index (χ3n) is 1.33. The summed E-state index contributed by atoms with van der Waals surface area (Å²) in [6.45, 7) is 6.36. The van der Waals surface area contributed by atoms with E-state index >= 15 is 0 Å². The van der Waals surface area contributed by atoms with Gasteiger partial charge in [-0.2, -0.15) is 0 Å². The maximum Gasteiger partial charge on any atom is -0.0204 e. The molecule has 0 fully saturated rings. The zero-order valence-corrected chi connectivity index (χ0v) is 7.15. The highest BCUT2D eigenvalue weighted by atomic mass is 13.8. The Morgan fingerprint density at radius 1 is 1.40 bits per heavy atom. The fourth-order valence-corrected chi connectivity index (χ4v) is 0.497. The molecule has 0 nitrogen and oxygen atoms in total. The van der Waals surface area contributed by atoms with E-state index in [0.29, 0.717) is 0 Å². The van der Waals surface area contributed by atoms with Crippen LogP contribution in [0.15, 0.2) is 29.5 Å². The first kappa shape index (κ1) is 9.26. The Kier molecular flexibility index (Phi) is 5.91. The van der Waals surface area contributed by atoms with E-state index in [9.17, 15) is 0 Å². The van der Waals surface area contributed by atoms with Gasteiger partial charge in [0.2, 0.25) is 0 Å². The second-order valence-corrected chi connectivity index (χ2v) is 2.28. The molecule has 0 unspecified atom stereocenters. The Hall–Kier alpha value is -0.740. The normalized spacial score (nSPS) is 9.50. The van der Waals surface area contributed by atoms with Gasteiger partial charge in [-0.15, -0.1) is 5.73 Å². The second-order valence-electron chi connectivity index (χ2n) is 2.28. The molecule has 0 aliphatic heterocycles. The molecule has 0 bridgehead atoms. The molecular weight excluding hydrogens is 120 g/mol. The summed E-state index contributed by atoms with van der Waals surface area (Å²) in [5.41, 5.74) is 4.48. The van der Waals surface area contributed by atoms with Crippen LogP contribution in [0.25, 0.3) is 0 Å². The lowest BCUT2D eigenvalue weighted by molar-refractivity contribution is 1.10. The van der Waals surface area contributed by atoms with E-state index in [-0.39, 0.29) is 0 Å².